The van der Waals surface area contributed by atoms with Crippen molar-refractivity contribution in [2.45, 2.75) is 31.7 Å². The molecule has 0 amide bonds. The lowest BCUT2D eigenvalue weighted by Gasteiger charge is -2.12. The largest absolute Gasteiger partial charge is 0.362 e. The Morgan fingerprint density at radius 1 is 1.38 bits per heavy atom. The van der Waals surface area contributed by atoms with E-state index in [2.05, 4.69) is 10.5 Å². The number of carbonyl (C=O) groups is 1. The zero-order valence-electron chi connectivity index (χ0n) is 9.02. The summed E-state index contributed by atoms with van der Waals surface area (Å²) >= 11 is 0. The van der Waals surface area contributed by atoms with Crippen LogP contribution in [0.25, 0.3) is 0 Å². The number of hydrogen-bond acceptors (Lipinski definition) is 3. The van der Waals surface area contributed by atoms with Gasteiger partial charge < -0.3 is 15.3 Å². The molecule has 2 N–H and O–H groups in total. The Bertz CT molecular complexity index is 144. The average Bonchev–Trinajstić information content (AvgIpc) is 2.10. The summed E-state index contributed by atoms with van der Waals surface area (Å²) in [4.78, 5) is 11.0. The van der Waals surface area contributed by atoms with Gasteiger partial charge in [-0.15, -0.1) is 0 Å². The SMILES string of the molecule is BNCCCCC[C@H](NC)C(B)=O. The fourth-order valence-electron chi connectivity index (χ4n) is 1.38. The van der Waals surface area contributed by atoms with Crippen molar-refractivity contribution in [1.82, 2.24) is 10.5 Å². The van der Waals surface area contributed by atoms with Gasteiger partial charge in [-0.1, -0.05) is 12.8 Å². The van der Waals surface area contributed by atoms with Crippen LogP contribution in [0, 0.1) is 0 Å². The second-order valence-electron chi connectivity index (χ2n) is 3.40. The van der Waals surface area contributed by atoms with E-state index in [4.69, 9.17) is 0 Å². The normalized spacial score (nSPS) is 12.7. The summed E-state index contributed by atoms with van der Waals surface area (Å²) in [5, 5.41) is 6.14. The third kappa shape index (κ3) is 6.84. The first-order chi connectivity index (χ1) is 6.22. The maximum Gasteiger partial charge on any atom is 0.189 e. The minimum atomic E-state index is 0.0644. The minimum absolute atomic E-state index is 0.0644. The topological polar surface area (TPSA) is 41.1 Å². The van der Waals surface area contributed by atoms with Crippen LogP contribution in [0.4, 0.5) is 0 Å². The van der Waals surface area contributed by atoms with E-state index in [0.29, 0.717) is 0 Å². The first kappa shape index (κ1) is 12.7. The predicted octanol–water partition coefficient (Wildman–Crippen LogP) is -1.57. The molecule has 0 aliphatic heterocycles. The summed E-state index contributed by atoms with van der Waals surface area (Å²) in [6.45, 7) is 1.07. The molecule has 0 heterocycles. The highest BCUT2D eigenvalue weighted by Crippen LogP contribution is 2.02. The van der Waals surface area contributed by atoms with Crippen molar-refractivity contribution in [3.63, 3.8) is 0 Å². The predicted molar refractivity (Wildman–Crippen MR) is 61.4 cm³/mol. The van der Waals surface area contributed by atoms with E-state index in [-0.39, 0.29) is 11.7 Å². The quantitative estimate of drug-likeness (QED) is 0.352. The van der Waals surface area contributed by atoms with E-state index < -0.39 is 0 Å². The minimum Gasteiger partial charge on any atom is -0.362 e. The van der Waals surface area contributed by atoms with E-state index in [0.717, 1.165) is 19.4 Å². The molecule has 0 rings (SSSR count). The fourth-order valence-corrected chi connectivity index (χ4v) is 1.38. The molecule has 3 nitrogen and oxygen atoms in total. The first-order valence-electron chi connectivity index (χ1n) is 5.04. The number of carbonyl (C=O) groups excluding carboxylic acids is 1. The second kappa shape index (κ2) is 8.32. The molecule has 0 unspecified atom stereocenters. The van der Waals surface area contributed by atoms with Gasteiger partial charge in [-0.05, 0) is 26.4 Å². The van der Waals surface area contributed by atoms with Crippen LogP contribution in [0.3, 0.4) is 0 Å². The monoisotopic (exact) mass is 182 g/mol. The average molecular weight is 182 g/mol. The van der Waals surface area contributed by atoms with Crippen molar-refractivity contribution in [2.75, 3.05) is 13.6 Å². The van der Waals surface area contributed by atoms with E-state index in [9.17, 15) is 4.79 Å². The molecular weight excluding hydrogens is 162 g/mol. The number of nitrogens with one attached hydrogen (secondary N) is 2. The molecule has 0 radical (unpaired) electrons. The number of unbranched alkanes of at least 4 members (excludes halogenated alkanes) is 2. The summed E-state index contributed by atoms with van der Waals surface area (Å²) < 4.78 is 0. The molecule has 0 saturated heterocycles. The van der Waals surface area contributed by atoms with Crippen molar-refractivity contribution < 1.29 is 4.79 Å². The van der Waals surface area contributed by atoms with E-state index in [1.165, 1.54) is 12.8 Å². The molecule has 13 heavy (non-hydrogen) atoms. The molecule has 1 atom stereocenters. The van der Waals surface area contributed by atoms with Gasteiger partial charge >= 0.3 is 0 Å². The lowest BCUT2D eigenvalue weighted by Crippen LogP contribution is -2.34. The van der Waals surface area contributed by atoms with Crippen LogP contribution in [-0.2, 0) is 4.79 Å². The molecule has 0 aliphatic carbocycles. The van der Waals surface area contributed by atoms with Gasteiger partial charge in [0.25, 0.3) is 0 Å². The van der Waals surface area contributed by atoms with E-state index >= 15 is 0 Å². The summed E-state index contributed by atoms with van der Waals surface area (Å²) in [5.41, 5.74) is 0.246. The van der Waals surface area contributed by atoms with E-state index in [1.807, 2.05) is 15.0 Å². The molecule has 0 spiro atoms. The van der Waals surface area contributed by atoms with Gasteiger partial charge in [-0.3, -0.25) is 0 Å². The van der Waals surface area contributed by atoms with Gasteiger partial charge in [0.15, 0.2) is 15.8 Å². The molecular formula is C8H20B2N2O. The highest BCUT2D eigenvalue weighted by Gasteiger charge is 2.09. The van der Waals surface area contributed by atoms with Crippen molar-refractivity contribution in [1.29, 1.82) is 0 Å². The Morgan fingerprint density at radius 2 is 2.08 bits per heavy atom. The standard InChI is InChI=1S/C8H20B2N2O/c1-11-7(8(9)13)5-3-2-4-6-12-10/h7,11-12H,2-6,9-10H2,1H3/t7-/m0/s1. The third-order valence-electron chi connectivity index (χ3n) is 2.26. The van der Waals surface area contributed by atoms with Gasteiger partial charge in [0.05, 0.1) is 11.7 Å². The van der Waals surface area contributed by atoms with Crippen LogP contribution in [0.2, 0.25) is 0 Å². The maximum absolute atomic E-state index is 11.0. The maximum atomic E-state index is 11.0. The Kier molecular flexibility index (Phi) is 8.14. The Balaban J connectivity index is 3.33. The highest BCUT2D eigenvalue weighted by molar-refractivity contribution is 6.59. The van der Waals surface area contributed by atoms with Gasteiger partial charge in [-0.2, -0.15) is 0 Å². The summed E-state index contributed by atoms with van der Waals surface area (Å²) in [6, 6.07) is 0.0644. The molecule has 0 bridgehead atoms. The van der Waals surface area contributed by atoms with Gasteiger partial charge in [0, 0.05) is 0 Å². The van der Waals surface area contributed by atoms with Gasteiger partial charge in [-0.25, -0.2) is 0 Å². The zero-order valence-corrected chi connectivity index (χ0v) is 9.02. The van der Waals surface area contributed by atoms with Crippen LogP contribution < -0.4 is 10.5 Å². The lowest BCUT2D eigenvalue weighted by molar-refractivity contribution is -0.113. The lowest BCUT2D eigenvalue weighted by atomic mass is 9.91. The molecule has 0 saturated carbocycles. The van der Waals surface area contributed by atoms with Crippen molar-refractivity contribution in [3.8, 4) is 0 Å². The van der Waals surface area contributed by atoms with E-state index in [1.54, 1.807) is 7.85 Å². The van der Waals surface area contributed by atoms with Crippen molar-refractivity contribution in [2.24, 2.45) is 0 Å². The van der Waals surface area contributed by atoms with Crippen LogP contribution in [0.15, 0.2) is 0 Å². The Morgan fingerprint density at radius 3 is 2.54 bits per heavy atom. The fraction of sp³-hybridized carbons (Fsp3) is 0.875. The van der Waals surface area contributed by atoms with Crippen LogP contribution in [-0.4, -0.2) is 41.1 Å². The molecule has 0 aromatic heterocycles. The zero-order chi connectivity index (χ0) is 10.1. The summed E-state index contributed by atoms with van der Waals surface area (Å²) in [5.74, 6) is 0. The highest BCUT2D eigenvalue weighted by atomic mass is 16.1. The Hall–Kier alpha value is -0.280. The summed E-state index contributed by atoms with van der Waals surface area (Å²) in [7, 11) is 5.46. The van der Waals surface area contributed by atoms with Crippen LogP contribution in [0.1, 0.15) is 25.7 Å². The third-order valence-corrected chi connectivity index (χ3v) is 2.26. The van der Waals surface area contributed by atoms with Crippen LogP contribution in [0.5, 0.6) is 0 Å². The van der Waals surface area contributed by atoms with Crippen molar-refractivity contribution in [3.05, 3.63) is 0 Å². The Labute approximate surface area is 82.9 Å². The molecule has 0 aliphatic rings. The number of hydrogen-bond donors (Lipinski definition) is 2. The van der Waals surface area contributed by atoms with Gasteiger partial charge in [0.2, 0.25) is 0 Å². The molecule has 0 aromatic rings. The second-order valence-corrected chi connectivity index (χ2v) is 3.40. The van der Waals surface area contributed by atoms with Crippen molar-refractivity contribution >= 4 is 21.5 Å². The molecule has 5 heteroatoms. The smallest absolute Gasteiger partial charge is 0.189 e. The summed E-state index contributed by atoms with van der Waals surface area (Å²) in [6.07, 6.45) is 4.50. The van der Waals surface area contributed by atoms with Crippen LogP contribution >= 0.6 is 0 Å². The number of rotatable bonds is 8. The molecule has 0 fully saturated rings. The molecule has 74 valence electrons. The van der Waals surface area contributed by atoms with Gasteiger partial charge in [0.1, 0.15) is 0 Å². The first-order valence-corrected chi connectivity index (χ1v) is 5.04. The molecule has 0 aromatic carbocycles. The number of likely N-dealkylation sites (N-methyl/N-ethyl adjacent to an activating group) is 1.